The lowest BCUT2D eigenvalue weighted by atomic mass is 10.1. The molecule has 2 heterocycles. The molecular weight excluding hydrogens is 510 g/mol. The standard InChI is InChI=1S/C19H34N2O12P2/c1-5-7-9-29-34(24,25)31-12-14-15(33-35(26,27)30-10-8-6-2)16(28-4)18(32-14)21-11-13(3)17(22)20-19(21)23/h11,14-16,18H,5-10,12H2,1-4H3,(H,24,25)(H,26,27)(H,20,22,23)/t14-,15+,16?,18-/m1/s1. The maximum atomic E-state index is 12.6. The second-order valence-electron chi connectivity index (χ2n) is 7.92. The molecule has 35 heavy (non-hydrogen) atoms. The lowest BCUT2D eigenvalue weighted by molar-refractivity contribution is -0.0626. The Labute approximate surface area is 202 Å². The van der Waals surface area contributed by atoms with Crippen molar-refractivity contribution in [3.63, 3.8) is 0 Å². The largest absolute Gasteiger partial charge is 0.472 e. The van der Waals surface area contributed by atoms with Crippen LogP contribution in [-0.4, -0.2) is 64.6 Å². The van der Waals surface area contributed by atoms with Gasteiger partial charge in [0, 0.05) is 18.9 Å². The van der Waals surface area contributed by atoms with Gasteiger partial charge in [0.05, 0.1) is 19.8 Å². The van der Waals surface area contributed by atoms with Crippen LogP contribution in [0.15, 0.2) is 15.8 Å². The molecule has 0 saturated carbocycles. The highest BCUT2D eigenvalue weighted by atomic mass is 31.2. The number of phosphoric ester groups is 2. The summed E-state index contributed by atoms with van der Waals surface area (Å²) in [6.07, 6.45) is -1.30. The third kappa shape index (κ3) is 8.71. The number of methoxy groups -OCH3 is 1. The molecule has 0 aliphatic carbocycles. The number of aryl methyl sites for hydroxylation is 1. The second kappa shape index (κ2) is 13.4. The summed E-state index contributed by atoms with van der Waals surface area (Å²) in [6.45, 7) is 4.56. The normalized spacial score (nSPS) is 25.9. The van der Waals surface area contributed by atoms with Crippen molar-refractivity contribution in [1.82, 2.24) is 9.55 Å². The van der Waals surface area contributed by atoms with E-state index in [-0.39, 0.29) is 18.8 Å². The number of H-pyrrole nitrogens is 1. The van der Waals surface area contributed by atoms with Gasteiger partial charge in [0.15, 0.2) is 6.23 Å². The molecule has 0 aromatic carbocycles. The van der Waals surface area contributed by atoms with Crippen LogP contribution in [0.3, 0.4) is 0 Å². The molecule has 3 unspecified atom stereocenters. The fourth-order valence-corrected chi connectivity index (χ4v) is 5.01. The maximum absolute atomic E-state index is 12.6. The van der Waals surface area contributed by atoms with E-state index >= 15 is 0 Å². The first kappa shape index (κ1) is 30.0. The van der Waals surface area contributed by atoms with Crippen molar-refractivity contribution >= 4 is 15.6 Å². The number of unbranched alkanes of at least 4 members (excludes halogenated alkanes) is 2. The van der Waals surface area contributed by atoms with Gasteiger partial charge in [0.1, 0.15) is 18.3 Å². The van der Waals surface area contributed by atoms with Crippen LogP contribution in [0.4, 0.5) is 0 Å². The predicted octanol–water partition coefficient (Wildman–Crippen LogP) is 1.99. The van der Waals surface area contributed by atoms with Gasteiger partial charge in [0.2, 0.25) is 0 Å². The van der Waals surface area contributed by atoms with Gasteiger partial charge in [-0.25, -0.2) is 13.9 Å². The third-order valence-corrected chi connectivity index (χ3v) is 7.14. The molecule has 1 saturated heterocycles. The molecule has 0 bridgehead atoms. The van der Waals surface area contributed by atoms with Crippen LogP contribution in [0, 0.1) is 6.92 Å². The zero-order valence-corrected chi connectivity index (χ0v) is 21.9. The van der Waals surface area contributed by atoms with Gasteiger partial charge < -0.3 is 19.3 Å². The molecule has 0 radical (unpaired) electrons. The molecule has 6 atom stereocenters. The summed E-state index contributed by atoms with van der Waals surface area (Å²) in [5, 5.41) is 0. The van der Waals surface area contributed by atoms with E-state index in [1.807, 2.05) is 13.8 Å². The van der Waals surface area contributed by atoms with Gasteiger partial charge in [-0.1, -0.05) is 26.7 Å². The van der Waals surface area contributed by atoms with Crippen molar-refractivity contribution < 1.29 is 46.5 Å². The Morgan fingerprint density at radius 1 is 1.03 bits per heavy atom. The Balaban J connectivity index is 2.32. The first-order valence-electron chi connectivity index (χ1n) is 11.2. The third-order valence-electron chi connectivity index (χ3n) is 5.14. The number of rotatable bonds is 15. The number of nitrogens with zero attached hydrogens (tertiary/aromatic N) is 1. The van der Waals surface area contributed by atoms with Crippen molar-refractivity contribution in [3.8, 4) is 0 Å². The zero-order chi connectivity index (χ0) is 26.2. The topological polar surface area (TPSA) is 185 Å². The van der Waals surface area contributed by atoms with Gasteiger partial charge in [0.25, 0.3) is 5.56 Å². The van der Waals surface area contributed by atoms with Gasteiger partial charge in [-0.15, -0.1) is 0 Å². The molecule has 1 aromatic heterocycles. The van der Waals surface area contributed by atoms with Crippen LogP contribution in [0.2, 0.25) is 0 Å². The average Bonchev–Trinajstić information content (AvgIpc) is 3.11. The Hall–Kier alpha value is -1.18. The van der Waals surface area contributed by atoms with Crippen LogP contribution in [-0.2, 0) is 36.7 Å². The first-order valence-corrected chi connectivity index (χ1v) is 14.2. The lowest BCUT2D eigenvalue weighted by Gasteiger charge is -2.25. The summed E-state index contributed by atoms with van der Waals surface area (Å²) in [4.78, 5) is 46.5. The van der Waals surface area contributed by atoms with Gasteiger partial charge in [-0.05, 0) is 19.8 Å². The number of phosphoric acid groups is 2. The molecule has 1 aliphatic rings. The molecule has 202 valence electrons. The Kier molecular flexibility index (Phi) is 11.5. The Morgan fingerprint density at radius 3 is 2.20 bits per heavy atom. The summed E-state index contributed by atoms with van der Waals surface area (Å²) >= 11 is 0. The summed E-state index contributed by atoms with van der Waals surface area (Å²) in [5.41, 5.74) is -1.23. The van der Waals surface area contributed by atoms with Crippen molar-refractivity contribution in [1.29, 1.82) is 0 Å². The zero-order valence-electron chi connectivity index (χ0n) is 20.2. The van der Waals surface area contributed by atoms with Crippen LogP contribution in [0.1, 0.15) is 51.3 Å². The highest BCUT2D eigenvalue weighted by molar-refractivity contribution is 7.47. The minimum atomic E-state index is -4.62. The van der Waals surface area contributed by atoms with Crippen LogP contribution >= 0.6 is 15.6 Å². The molecule has 16 heteroatoms. The minimum absolute atomic E-state index is 0.0117. The molecule has 2 rings (SSSR count). The maximum Gasteiger partial charge on any atom is 0.472 e. The highest BCUT2D eigenvalue weighted by Crippen LogP contribution is 2.50. The van der Waals surface area contributed by atoms with Crippen LogP contribution in [0.25, 0.3) is 0 Å². The van der Waals surface area contributed by atoms with Gasteiger partial charge in [-0.3, -0.25) is 32.4 Å². The van der Waals surface area contributed by atoms with Crippen molar-refractivity contribution in [3.05, 3.63) is 32.6 Å². The average molecular weight is 544 g/mol. The number of aromatic nitrogens is 2. The number of hydrogen-bond acceptors (Lipinski definition) is 10. The van der Waals surface area contributed by atoms with Crippen molar-refractivity contribution in [2.45, 2.75) is 71.0 Å². The molecule has 1 aromatic rings. The SMILES string of the molecule is CCCCOP(=O)(O)OC[C@H]1O[C@@H](n2cc(C)c(=O)[nH]c2=O)C(OC)[C@H]1OP(=O)(O)OCCCC. The molecule has 14 nitrogen and oxygen atoms in total. The van der Waals surface area contributed by atoms with E-state index in [0.29, 0.717) is 19.3 Å². The summed E-state index contributed by atoms with van der Waals surface area (Å²) in [6, 6.07) is 0. The Morgan fingerprint density at radius 2 is 1.63 bits per heavy atom. The molecule has 1 aliphatic heterocycles. The number of aromatic amines is 1. The number of hydrogen-bond donors (Lipinski definition) is 3. The second-order valence-corrected chi connectivity index (χ2v) is 10.8. The molecule has 0 amide bonds. The van der Waals surface area contributed by atoms with Crippen LogP contribution in [0.5, 0.6) is 0 Å². The van der Waals surface area contributed by atoms with E-state index in [9.17, 15) is 28.5 Å². The van der Waals surface area contributed by atoms with Crippen LogP contribution < -0.4 is 11.2 Å². The fraction of sp³-hybridized carbons (Fsp3) is 0.789. The summed E-state index contributed by atoms with van der Waals surface area (Å²) in [7, 11) is -7.83. The molecular formula is C19H34N2O12P2. The van der Waals surface area contributed by atoms with Gasteiger partial charge in [-0.2, -0.15) is 0 Å². The van der Waals surface area contributed by atoms with Crippen molar-refractivity contribution in [2.75, 3.05) is 26.9 Å². The number of ether oxygens (including phenoxy) is 2. The summed E-state index contributed by atoms with van der Waals surface area (Å²) in [5.74, 6) is 0. The van der Waals surface area contributed by atoms with Gasteiger partial charge >= 0.3 is 21.3 Å². The van der Waals surface area contributed by atoms with E-state index < -0.39 is 58.0 Å². The van der Waals surface area contributed by atoms with E-state index in [0.717, 1.165) is 11.0 Å². The van der Waals surface area contributed by atoms with E-state index in [1.165, 1.54) is 20.2 Å². The minimum Gasteiger partial charge on any atom is -0.374 e. The number of nitrogens with one attached hydrogen (secondary N) is 1. The monoisotopic (exact) mass is 544 g/mol. The van der Waals surface area contributed by atoms with Crippen molar-refractivity contribution in [2.24, 2.45) is 0 Å². The van der Waals surface area contributed by atoms with E-state index in [4.69, 9.17) is 27.6 Å². The lowest BCUT2D eigenvalue weighted by Crippen LogP contribution is -2.40. The van der Waals surface area contributed by atoms with E-state index in [1.54, 1.807) is 0 Å². The smallest absolute Gasteiger partial charge is 0.374 e. The predicted molar refractivity (Wildman–Crippen MR) is 123 cm³/mol. The molecule has 0 spiro atoms. The molecule has 3 N–H and O–H groups in total. The molecule has 1 fully saturated rings. The Bertz CT molecular complexity index is 1030. The fourth-order valence-electron chi connectivity index (χ4n) is 3.26. The highest BCUT2D eigenvalue weighted by Gasteiger charge is 2.51. The first-order chi connectivity index (χ1) is 16.4. The summed E-state index contributed by atoms with van der Waals surface area (Å²) < 4.78 is 57.2. The quantitative estimate of drug-likeness (QED) is 0.216. The van der Waals surface area contributed by atoms with E-state index in [2.05, 4.69) is 4.98 Å².